The molecule has 0 heterocycles. The first-order valence-corrected chi connectivity index (χ1v) is 7.65. The van der Waals surface area contributed by atoms with Gasteiger partial charge in [0.05, 0.1) is 26.1 Å². The molecule has 0 aromatic heterocycles. The van der Waals surface area contributed by atoms with E-state index in [2.05, 4.69) is 0 Å². The Morgan fingerprint density at radius 3 is 1.96 bits per heavy atom. The Morgan fingerprint density at radius 2 is 1.48 bits per heavy atom. The van der Waals surface area contributed by atoms with Crippen LogP contribution in [0, 0.1) is 5.92 Å². The second-order valence-electron chi connectivity index (χ2n) is 4.86. The first kappa shape index (κ1) is 18.6. The van der Waals surface area contributed by atoms with Crippen molar-refractivity contribution in [1.82, 2.24) is 0 Å². The largest absolute Gasteiger partial charge is 0.466 e. The van der Waals surface area contributed by atoms with Gasteiger partial charge in [-0.05, 0) is 25.5 Å². The Balaban J connectivity index is 2.76. The molecule has 0 spiro atoms. The fourth-order valence-corrected chi connectivity index (χ4v) is 1.99. The van der Waals surface area contributed by atoms with Crippen molar-refractivity contribution in [2.45, 2.75) is 26.7 Å². The number of hydrogen-bond donors (Lipinski definition) is 0. The number of benzene rings is 1. The molecular formula is C18H22O5. The number of allylic oxidation sites excluding steroid dienone is 1. The van der Waals surface area contributed by atoms with Crippen molar-refractivity contribution in [1.29, 1.82) is 0 Å². The molecule has 1 aromatic carbocycles. The van der Waals surface area contributed by atoms with E-state index in [1.165, 1.54) is 6.08 Å². The molecule has 0 fully saturated rings. The predicted octanol–water partition coefficient (Wildman–Crippen LogP) is 2.79. The van der Waals surface area contributed by atoms with Crippen LogP contribution >= 0.6 is 0 Å². The number of esters is 2. The van der Waals surface area contributed by atoms with Gasteiger partial charge in [0.15, 0.2) is 5.78 Å². The zero-order valence-electron chi connectivity index (χ0n) is 13.5. The quantitative estimate of drug-likeness (QED) is 0.517. The Bertz CT molecular complexity index is 528. The van der Waals surface area contributed by atoms with Crippen molar-refractivity contribution in [3.8, 4) is 0 Å². The highest BCUT2D eigenvalue weighted by atomic mass is 16.5. The summed E-state index contributed by atoms with van der Waals surface area (Å²) in [5, 5.41) is 0. The monoisotopic (exact) mass is 318 g/mol. The van der Waals surface area contributed by atoms with Crippen LogP contribution in [-0.2, 0) is 23.9 Å². The predicted molar refractivity (Wildman–Crippen MR) is 86.5 cm³/mol. The van der Waals surface area contributed by atoms with Gasteiger partial charge < -0.3 is 9.47 Å². The summed E-state index contributed by atoms with van der Waals surface area (Å²) in [5.74, 6) is -2.06. The van der Waals surface area contributed by atoms with Crippen molar-refractivity contribution in [3.63, 3.8) is 0 Å². The van der Waals surface area contributed by atoms with Gasteiger partial charge in [-0.2, -0.15) is 0 Å². The lowest BCUT2D eigenvalue weighted by Crippen LogP contribution is -2.22. The van der Waals surface area contributed by atoms with Gasteiger partial charge in [0.2, 0.25) is 0 Å². The van der Waals surface area contributed by atoms with E-state index >= 15 is 0 Å². The van der Waals surface area contributed by atoms with E-state index < -0.39 is 17.9 Å². The first-order valence-electron chi connectivity index (χ1n) is 7.65. The number of ketones is 1. The normalized spacial score (nSPS) is 10.7. The van der Waals surface area contributed by atoms with E-state index in [0.29, 0.717) is 0 Å². The van der Waals surface area contributed by atoms with Crippen LogP contribution in [0.4, 0.5) is 0 Å². The summed E-state index contributed by atoms with van der Waals surface area (Å²) in [6, 6.07) is 9.31. The smallest absolute Gasteiger partial charge is 0.306 e. The van der Waals surface area contributed by atoms with E-state index in [4.69, 9.17) is 9.47 Å². The number of carbonyl (C=O) groups excluding carboxylic acids is 3. The maximum absolute atomic E-state index is 12.3. The summed E-state index contributed by atoms with van der Waals surface area (Å²) in [6.07, 6.45) is 2.78. The van der Waals surface area contributed by atoms with Crippen LogP contribution in [0.15, 0.2) is 36.4 Å². The van der Waals surface area contributed by atoms with Crippen LogP contribution in [0.2, 0.25) is 0 Å². The van der Waals surface area contributed by atoms with E-state index in [1.807, 2.05) is 30.3 Å². The molecule has 0 unspecified atom stereocenters. The fourth-order valence-electron chi connectivity index (χ4n) is 1.99. The van der Waals surface area contributed by atoms with Crippen LogP contribution in [0.5, 0.6) is 0 Å². The summed E-state index contributed by atoms with van der Waals surface area (Å²) >= 11 is 0. The molecule has 23 heavy (non-hydrogen) atoms. The molecule has 0 saturated heterocycles. The molecule has 5 nitrogen and oxygen atoms in total. The third-order valence-corrected chi connectivity index (χ3v) is 3.08. The second-order valence-corrected chi connectivity index (χ2v) is 4.86. The van der Waals surface area contributed by atoms with Crippen LogP contribution < -0.4 is 0 Å². The highest BCUT2D eigenvalue weighted by Crippen LogP contribution is 2.15. The summed E-state index contributed by atoms with van der Waals surface area (Å²) < 4.78 is 9.72. The fraction of sp³-hybridized carbons (Fsp3) is 0.389. The van der Waals surface area contributed by atoms with Gasteiger partial charge in [-0.25, -0.2) is 0 Å². The average Bonchev–Trinajstić information content (AvgIpc) is 2.53. The molecule has 0 bridgehead atoms. The lowest BCUT2D eigenvalue weighted by Gasteiger charge is -2.12. The zero-order valence-corrected chi connectivity index (χ0v) is 13.5. The third-order valence-electron chi connectivity index (χ3n) is 3.08. The van der Waals surface area contributed by atoms with Crippen molar-refractivity contribution in [2.75, 3.05) is 13.2 Å². The summed E-state index contributed by atoms with van der Waals surface area (Å²) in [5.41, 5.74) is 0.867. The molecule has 0 aliphatic rings. The summed E-state index contributed by atoms with van der Waals surface area (Å²) in [4.78, 5) is 35.5. The van der Waals surface area contributed by atoms with Crippen molar-refractivity contribution < 1.29 is 23.9 Å². The van der Waals surface area contributed by atoms with E-state index in [1.54, 1.807) is 19.9 Å². The maximum atomic E-state index is 12.3. The number of carbonyl (C=O) groups is 3. The van der Waals surface area contributed by atoms with Crippen LogP contribution in [-0.4, -0.2) is 30.9 Å². The first-order chi connectivity index (χ1) is 11.1. The number of rotatable bonds is 9. The highest BCUT2D eigenvalue weighted by Gasteiger charge is 2.24. The van der Waals surface area contributed by atoms with Gasteiger partial charge in [0, 0.05) is 5.92 Å². The third kappa shape index (κ3) is 7.40. The Kier molecular flexibility index (Phi) is 8.36. The van der Waals surface area contributed by atoms with E-state index in [0.717, 1.165) is 5.56 Å². The molecular weight excluding hydrogens is 296 g/mol. The molecule has 0 saturated carbocycles. The molecule has 0 aliphatic heterocycles. The molecule has 0 radical (unpaired) electrons. The lowest BCUT2D eigenvalue weighted by atomic mass is 9.95. The van der Waals surface area contributed by atoms with Crippen molar-refractivity contribution in [2.24, 2.45) is 5.92 Å². The highest BCUT2D eigenvalue weighted by molar-refractivity contribution is 5.98. The van der Waals surface area contributed by atoms with Gasteiger partial charge in [0.25, 0.3) is 0 Å². The Morgan fingerprint density at radius 1 is 0.957 bits per heavy atom. The molecule has 1 aromatic rings. The van der Waals surface area contributed by atoms with E-state index in [9.17, 15) is 14.4 Å². The Labute approximate surface area is 136 Å². The minimum Gasteiger partial charge on any atom is -0.466 e. The maximum Gasteiger partial charge on any atom is 0.306 e. The topological polar surface area (TPSA) is 69.7 Å². The molecule has 0 aliphatic carbocycles. The molecule has 0 atom stereocenters. The molecule has 5 heteroatoms. The van der Waals surface area contributed by atoms with Gasteiger partial charge in [0.1, 0.15) is 0 Å². The van der Waals surface area contributed by atoms with Gasteiger partial charge in [-0.1, -0.05) is 36.4 Å². The lowest BCUT2D eigenvalue weighted by molar-refractivity contribution is -0.149. The number of ether oxygens (including phenoxy) is 2. The summed E-state index contributed by atoms with van der Waals surface area (Å²) in [6.45, 7) is 3.85. The van der Waals surface area contributed by atoms with Crippen molar-refractivity contribution in [3.05, 3.63) is 42.0 Å². The molecule has 124 valence electrons. The van der Waals surface area contributed by atoms with Crippen LogP contribution in [0.3, 0.4) is 0 Å². The van der Waals surface area contributed by atoms with Gasteiger partial charge in [-0.15, -0.1) is 0 Å². The van der Waals surface area contributed by atoms with Crippen LogP contribution in [0.25, 0.3) is 6.08 Å². The Hall–Kier alpha value is -2.43. The molecule has 1 rings (SSSR count). The molecule has 0 amide bonds. The standard InChI is InChI=1S/C18H22O5/c1-3-22-17(20)12-15(13-18(21)23-4-2)16(19)11-10-14-8-6-5-7-9-14/h5-11,15H,3-4,12-13H2,1-2H3/b11-10+. The summed E-state index contributed by atoms with van der Waals surface area (Å²) in [7, 11) is 0. The van der Waals surface area contributed by atoms with Crippen LogP contribution in [0.1, 0.15) is 32.3 Å². The van der Waals surface area contributed by atoms with E-state index in [-0.39, 0.29) is 31.8 Å². The second kappa shape index (κ2) is 10.3. The average molecular weight is 318 g/mol. The minimum atomic E-state index is -0.770. The van der Waals surface area contributed by atoms with Crippen molar-refractivity contribution >= 4 is 23.8 Å². The SMILES string of the molecule is CCOC(=O)CC(CC(=O)OCC)C(=O)/C=C/c1ccccc1. The van der Waals surface area contributed by atoms with Gasteiger partial charge >= 0.3 is 11.9 Å². The molecule has 0 N–H and O–H groups in total. The minimum absolute atomic E-state index is 0.134. The zero-order chi connectivity index (χ0) is 17.1. The number of hydrogen-bond acceptors (Lipinski definition) is 5. The van der Waals surface area contributed by atoms with Gasteiger partial charge in [-0.3, -0.25) is 14.4 Å².